The highest BCUT2D eigenvalue weighted by Crippen LogP contribution is 2.28. The van der Waals surface area contributed by atoms with Crippen LogP contribution in [-0.4, -0.2) is 36.6 Å². The zero-order chi connectivity index (χ0) is 18.7. The molecular weight excluding hydrogens is 338 g/mol. The maximum absolute atomic E-state index is 12.5. The van der Waals surface area contributed by atoms with Gasteiger partial charge in [0.05, 0.1) is 18.2 Å². The lowest BCUT2D eigenvalue weighted by molar-refractivity contribution is -0.0586. The number of fused-ring (bicyclic) bond motifs is 1. The van der Waals surface area contributed by atoms with E-state index in [4.69, 9.17) is 14.3 Å². The highest BCUT2D eigenvalue weighted by Gasteiger charge is 2.39. The minimum Gasteiger partial charge on any atom is -0.497 e. The SMILES string of the molecule is C=CCOc1cc(OC)ccc1C(=O)ON1C(=O)c2ccccc2C1=O. The Balaban J connectivity index is 1.86. The molecule has 26 heavy (non-hydrogen) atoms. The molecule has 0 spiro atoms. The van der Waals surface area contributed by atoms with Gasteiger partial charge in [-0.1, -0.05) is 29.9 Å². The van der Waals surface area contributed by atoms with Crippen LogP contribution in [0.3, 0.4) is 0 Å². The molecule has 0 bridgehead atoms. The molecule has 0 N–H and O–H groups in total. The van der Waals surface area contributed by atoms with Gasteiger partial charge in [-0.25, -0.2) is 4.79 Å². The largest absolute Gasteiger partial charge is 0.497 e. The van der Waals surface area contributed by atoms with Crippen LogP contribution < -0.4 is 9.47 Å². The number of amides is 2. The van der Waals surface area contributed by atoms with Crippen molar-refractivity contribution in [2.45, 2.75) is 0 Å². The van der Waals surface area contributed by atoms with Crippen LogP contribution in [0.4, 0.5) is 0 Å². The van der Waals surface area contributed by atoms with Crippen LogP contribution in [-0.2, 0) is 4.84 Å². The van der Waals surface area contributed by atoms with E-state index in [1.807, 2.05) is 0 Å². The molecule has 0 saturated carbocycles. The molecule has 3 rings (SSSR count). The van der Waals surface area contributed by atoms with Crippen LogP contribution in [0.25, 0.3) is 0 Å². The Bertz CT molecular complexity index is 870. The zero-order valence-corrected chi connectivity index (χ0v) is 13.9. The predicted molar refractivity (Wildman–Crippen MR) is 91.0 cm³/mol. The Morgan fingerprint density at radius 3 is 2.35 bits per heavy atom. The number of methoxy groups -OCH3 is 1. The van der Waals surface area contributed by atoms with Crippen molar-refractivity contribution in [1.29, 1.82) is 0 Å². The summed E-state index contributed by atoms with van der Waals surface area (Å²) in [7, 11) is 1.48. The minimum atomic E-state index is -0.902. The van der Waals surface area contributed by atoms with Crippen molar-refractivity contribution in [2.75, 3.05) is 13.7 Å². The summed E-state index contributed by atoms with van der Waals surface area (Å²) >= 11 is 0. The van der Waals surface area contributed by atoms with E-state index in [0.29, 0.717) is 10.8 Å². The van der Waals surface area contributed by atoms with Crippen molar-refractivity contribution in [3.8, 4) is 11.5 Å². The maximum Gasteiger partial charge on any atom is 0.367 e. The number of hydrogen-bond acceptors (Lipinski definition) is 6. The highest BCUT2D eigenvalue weighted by atomic mass is 16.7. The average molecular weight is 353 g/mol. The molecule has 0 radical (unpaired) electrons. The smallest absolute Gasteiger partial charge is 0.367 e. The lowest BCUT2D eigenvalue weighted by Gasteiger charge is -2.15. The number of carbonyl (C=O) groups excluding carboxylic acids is 3. The monoisotopic (exact) mass is 353 g/mol. The second-order valence-corrected chi connectivity index (χ2v) is 5.29. The van der Waals surface area contributed by atoms with E-state index >= 15 is 0 Å². The maximum atomic E-state index is 12.5. The van der Waals surface area contributed by atoms with Gasteiger partial charge < -0.3 is 14.3 Å². The molecule has 7 nitrogen and oxygen atoms in total. The number of rotatable bonds is 6. The van der Waals surface area contributed by atoms with Crippen molar-refractivity contribution in [3.05, 3.63) is 71.8 Å². The summed E-state index contributed by atoms with van der Waals surface area (Å²) in [6.07, 6.45) is 1.51. The summed E-state index contributed by atoms with van der Waals surface area (Å²) in [4.78, 5) is 42.1. The summed E-state index contributed by atoms with van der Waals surface area (Å²) in [5.41, 5.74) is 0.413. The lowest BCUT2D eigenvalue weighted by Crippen LogP contribution is -2.32. The first-order chi connectivity index (χ1) is 12.6. The van der Waals surface area contributed by atoms with Gasteiger partial charge in [0.1, 0.15) is 23.7 Å². The first kappa shape index (κ1) is 17.2. The van der Waals surface area contributed by atoms with Gasteiger partial charge in [0, 0.05) is 6.07 Å². The zero-order valence-electron chi connectivity index (χ0n) is 13.9. The van der Waals surface area contributed by atoms with Crippen molar-refractivity contribution < 1.29 is 28.7 Å². The number of hydroxylamine groups is 2. The Labute approximate surface area is 149 Å². The van der Waals surface area contributed by atoms with Gasteiger partial charge in [-0.15, -0.1) is 0 Å². The van der Waals surface area contributed by atoms with E-state index in [1.165, 1.54) is 37.5 Å². The Kier molecular flexibility index (Phi) is 4.70. The topological polar surface area (TPSA) is 82.1 Å². The number of ether oxygens (including phenoxy) is 2. The fourth-order valence-electron chi connectivity index (χ4n) is 2.45. The number of nitrogens with zero attached hydrogens (tertiary/aromatic N) is 1. The van der Waals surface area contributed by atoms with Crippen LogP contribution in [0, 0.1) is 0 Å². The molecule has 0 fully saturated rings. The molecule has 1 aliphatic heterocycles. The summed E-state index contributed by atoms with van der Waals surface area (Å²) < 4.78 is 10.5. The summed E-state index contributed by atoms with van der Waals surface area (Å²) in [5.74, 6) is -1.63. The van der Waals surface area contributed by atoms with Gasteiger partial charge in [0.2, 0.25) is 0 Å². The molecule has 1 heterocycles. The molecule has 0 aliphatic carbocycles. The van der Waals surface area contributed by atoms with Crippen LogP contribution in [0.2, 0.25) is 0 Å². The van der Waals surface area contributed by atoms with Crippen LogP contribution >= 0.6 is 0 Å². The second-order valence-electron chi connectivity index (χ2n) is 5.29. The van der Waals surface area contributed by atoms with Crippen LogP contribution in [0.1, 0.15) is 31.1 Å². The third-order valence-corrected chi connectivity index (χ3v) is 3.70. The van der Waals surface area contributed by atoms with E-state index in [9.17, 15) is 14.4 Å². The van der Waals surface area contributed by atoms with E-state index in [1.54, 1.807) is 18.2 Å². The van der Waals surface area contributed by atoms with Crippen molar-refractivity contribution >= 4 is 17.8 Å². The van der Waals surface area contributed by atoms with Gasteiger partial charge in [0.25, 0.3) is 11.8 Å². The van der Waals surface area contributed by atoms with Crippen molar-refractivity contribution in [3.63, 3.8) is 0 Å². The average Bonchev–Trinajstić information content (AvgIpc) is 2.91. The Morgan fingerprint density at radius 2 is 1.77 bits per heavy atom. The van der Waals surface area contributed by atoms with Gasteiger partial charge in [-0.2, -0.15) is 0 Å². The normalized spacial score (nSPS) is 12.6. The summed E-state index contributed by atoms with van der Waals surface area (Å²) in [5, 5.41) is 0.453. The van der Waals surface area contributed by atoms with Gasteiger partial charge in [-0.05, 0) is 24.3 Å². The minimum absolute atomic E-state index is 0.0456. The molecule has 132 valence electrons. The molecule has 1 aliphatic rings. The van der Waals surface area contributed by atoms with Crippen LogP contribution in [0.15, 0.2) is 55.1 Å². The third-order valence-electron chi connectivity index (χ3n) is 3.70. The van der Waals surface area contributed by atoms with E-state index in [-0.39, 0.29) is 29.0 Å². The molecule has 2 aromatic carbocycles. The van der Waals surface area contributed by atoms with Crippen LogP contribution in [0.5, 0.6) is 11.5 Å². The van der Waals surface area contributed by atoms with E-state index in [2.05, 4.69) is 6.58 Å². The lowest BCUT2D eigenvalue weighted by atomic mass is 10.1. The fraction of sp³-hybridized carbons (Fsp3) is 0.105. The molecule has 0 saturated heterocycles. The predicted octanol–water partition coefficient (Wildman–Crippen LogP) is 2.63. The first-order valence-electron chi connectivity index (χ1n) is 7.68. The standard InChI is InChI=1S/C19H15NO6/c1-3-10-25-16-11-12(24-2)8-9-15(16)19(23)26-20-17(21)13-6-4-5-7-14(13)18(20)22/h3-9,11H,1,10H2,2H3. The highest BCUT2D eigenvalue weighted by molar-refractivity contribution is 6.21. The van der Waals surface area contributed by atoms with Gasteiger partial charge >= 0.3 is 5.97 Å². The Hall–Kier alpha value is -3.61. The fourth-order valence-corrected chi connectivity index (χ4v) is 2.45. The summed E-state index contributed by atoms with van der Waals surface area (Å²) in [6.45, 7) is 3.70. The quantitative estimate of drug-likeness (QED) is 0.586. The van der Waals surface area contributed by atoms with E-state index < -0.39 is 17.8 Å². The second kappa shape index (κ2) is 7.10. The molecule has 7 heteroatoms. The Morgan fingerprint density at radius 1 is 1.12 bits per heavy atom. The molecule has 0 unspecified atom stereocenters. The summed E-state index contributed by atoms with van der Waals surface area (Å²) in [6, 6.07) is 10.7. The first-order valence-corrected chi connectivity index (χ1v) is 7.68. The number of benzene rings is 2. The number of imide groups is 1. The third kappa shape index (κ3) is 3.02. The molecule has 2 amide bonds. The molecular formula is C19H15NO6. The molecule has 0 aromatic heterocycles. The van der Waals surface area contributed by atoms with Gasteiger partial charge in [0.15, 0.2) is 0 Å². The number of hydrogen-bond donors (Lipinski definition) is 0. The van der Waals surface area contributed by atoms with Crippen molar-refractivity contribution in [1.82, 2.24) is 5.06 Å². The number of carbonyl (C=O) groups is 3. The molecule has 2 aromatic rings. The van der Waals surface area contributed by atoms with Crippen molar-refractivity contribution in [2.24, 2.45) is 0 Å². The van der Waals surface area contributed by atoms with Gasteiger partial charge in [-0.3, -0.25) is 9.59 Å². The molecule has 0 atom stereocenters. The van der Waals surface area contributed by atoms with E-state index in [0.717, 1.165) is 0 Å².